The van der Waals surface area contributed by atoms with E-state index in [9.17, 15) is 22.0 Å². The monoisotopic (exact) mass is 426 g/mol. The van der Waals surface area contributed by atoms with E-state index in [1.165, 1.54) is 43.5 Å². The number of methoxy groups -OCH3 is 1. The molecule has 0 amide bonds. The predicted octanol–water partition coefficient (Wildman–Crippen LogP) is 7.55. The second kappa shape index (κ2) is 11.3. The molecule has 1 nitrogen and oxygen atoms in total. The number of alkyl halides is 3. The zero-order valence-corrected chi connectivity index (χ0v) is 17.2. The summed E-state index contributed by atoms with van der Waals surface area (Å²) >= 11 is 0. The molecule has 2 aromatic carbocycles. The topological polar surface area (TPSA) is 9.23 Å². The molecule has 2 aromatic rings. The van der Waals surface area contributed by atoms with Crippen LogP contribution in [0.25, 0.3) is 11.7 Å². The highest BCUT2D eigenvalue weighted by Crippen LogP contribution is 2.33. The zero-order chi connectivity index (χ0) is 22.1. The molecule has 1 unspecified atom stereocenters. The van der Waals surface area contributed by atoms with Gasteiger partial charge in [-0.3, -0.25) is 0 Å². The van der Waals surface area contributed by atoms with Gasteiger partial charge in [-0.1, -0.05) is 61.9 Å². The van der Waals surface area contributed by atoms with Crippen LogP contribution in [0.1, 0.15) is 48.4 Å². The molecule has 0 N–H and O–H groups in total. The van der Waals surface area contributed by atoms with Crippen molar-refractivity contribution >= 4 is 11.7 Å². The summed E-state index contributed by atoms with van der Waals surface area (Å²) in [6.07, 6.45) is -1.78. The van der Waals surface area contributed by atoms with Gasteiger partial charge < -0.3 is 4.74 Å². The molecule has 0 heterocycles. The van der Waals surface area contributed by atoms with Crippen molar-refractivity contribution in [2.24, 2.45) is 5.92 Å². The van der Waals surface area contributed by atoms with Gasteiger partial charge in [-0.15, -0.1) is 0 Å². The molecule has 0 saturated carbocycles. The number of ether oxygens (including phenoxy) is 1. The first-order valence-electron chi connectivity index (χ1n) is 10.1. The van der Waals surface area contributed by atoms with Crippen molar-refractivity contribution in [2.45, 2.75) is 45.2 Å². The Morgan fingerprint density at radius 1 is 0.867 bits per heavy atom. The highest BCUT2D eigenvalue weighted by atomic mass is 19.4. The average molecular weight is 426 g/mol. The third-order valence-electron chi connectivity index (χ3n) is 5.04. The lowest BCUT2D eigenvalue weighted by molar-refractivity contribution is -0.178. The summed E-state index contributed by atoms with van der Waals surface area (Å²) in [7, 11) is 1.35. The van der Waals surface area contributed by atoms with E-state index in [1.54, 1.807) is 12.1 Å². The van der Waals surface area contributed by atoms with Crippen molar-refractivity contribution in [3.63, 3.8) is 0 Å². The molecule has 0 fully saturated rings. The van der Waals surface area contributed by atoms with Gasteiger partial charge in [0.05, 0.1) is 5.92 Å². The quantitative estimate of drug-likeness (QED) is 0.281. The molecule has 0 aliphatic heterocycles. The largest absolute Gasteiger partial charge is 0.392 e. The summed E-state index contributed by atoms with van der Waals surface area (Å²) in [5.41, 5.74) is 1.59. The highest BCUT2D eigenvalue weighted by molar-refractivity contribution is 5.83. The van der Waals surface area contributed by atoms with Crippen LogP contribution in [0.4, 0.5) is 22.0 Å². The molecule has 0 radical (unpaired) electrons. The number of benzene rings is 2. The molecule has 2 rings (SSSR count). The molecule has 30 heavy (non-hydrogen) atoms. The number of halogens is 5. The fourth-order valence-electron chi connectivity index (χ4n) is 3.17. The van der Waals surface area contributed by atoms with E-state index in [4.69, 9.17) is 4.74 Å². The van der Waals surface area contributed by atoms with E-state index in [1.807, 2.05) is 0 Å². The van der Waals surface area contributed by atoms with Crippen LogP contribution in [0.2, 0.25) is 0 Å². The van der Waals surface area contributed by atoms with Crippen molar-refractivity contribution in [1.29, 1.82) is 0 Å². The molecule has 0 saturated heterocycles. The normalized spacial score (nSPS) is 13.8. The van der Waals surface area contributed by atoms with Gasteiger partial charge in [0.25, 0.3) is 0 Å². The standard InChI is InChI=1S/C24H27F5O/c1-3-4-5-17-6-10-19(11-7-17)22(25)23(26)20-12-8-18(9-13-20)16-21(14-15-30-2)24(27,28)29/h6-13,21H,3-5,14-16H2,1-2H3/b23-22-. The first kappa shape index (κ1) is 24.1. The Kier molecular flexibility index (Phi) is 9.03. The fourth-order valence-corrected chi connectivity index (χ4v) is 3.17. The van der Waals surface area contributed by atoms with Gasteiger partial charge in [0, 0.05) is 24.8 Å². The van der Waals surface area contributed by atoms with Crippen LogP contribution in [0.5, 0.6) is 0 Å². The first-order valence-corrected chi connectivity index (χ1v) is 10.1. The van der Waals surface area contributed by atoms with Gasteiger partial charge in [0.1, 0.15) is 0 Å². The Hall–Kier alpha value is -2.21. The van der Waals surface area contributed by atoms with E-state index in [2.05, 4.69) is 6.92 Å². The molecule has 6 heteroatoms. The summed E-state index contributed by atoms with van der Waals surface area (Å²) in [6, 6.07) is 12.1. The second-order valence-electron chi connectivity index (χ2n) is 7.35. The maximum atomic E-state index is 14.6. The lowest BCUT2D eigenvalue weighted by atomic mass is 9.95. The van der Waals surface area contributed by atoms with E-state index >= 15 is 0 Å². The summed E-state index contributed by atoms with van der Waals surface area (Å²) in [4.78, 5) is 0. The number of hydrogen-bond acceptors (Lipinski definition) is 1. The number of hydrogen-bond donors (Lipinski definition) is 0. The molecular weight excluding hydrogens is 399 g/mol. The fraction of sp³-hybridized carbons (Fsp3) is 0.417. The van der Waals surface area contributed by atoms with Crippen LogP contribution in [0.3, 0.4) is 0 Å². The third-order valence-corrected chi connectivity index (χ3v) is 5.04. The molecular formula is C24H27F5O. The van der Waals surface area contributed by atoms with Crippen LogP contribution >= 0.6 is 0 Å². The van der Waals surface area contributed by atoms with E-state index in [0.717, 1.165) is 24.8 Å². The number of unbranched alkanes of at least 4 members (excludes halogenated alkanes) is 1. The van der Waals surface area contributed by atoms with Crippen LogP contribution < -0.4 is 0 Å². The molecule has 0 bridgehead atoms. The van der Waals surface area contributed by atoms with Gasteiger partial charge in [-0.2, -0.15) is 13.2 Å². The molecule has 0 aromatic heterocycles. The summed E-state index contributed by atoms with van der Waals surface area (Å²) in [5, 5.41) is 0. The van der Waals surface area contributed by atoms with Crippen molar-refractivity contribution in [2.75, 3.05) is 13.7 Å². The third kappa shape index (κ3) is 6.94. The second-order valence-corrected chi connectivity index (χ2v) is 7.35. The molecule has 0 aliphatic carbocycles. The highest BCUT2D eigenvalue weighted by Gasteiger charge is 2.38. The van der Waals surface area contributed by atoms with Crippen LogP contribution in [0.15, 0.2) is 48.5 Å². The van der Waals surface area contributed by atoms with Gasteiger partial charge >= 0.3 is 6.18 Å². The minimum atomic E-state index is -4.35. The maximum Gasteiger partial charge on any atom is 0.392 e. The smallest absolute Gasteiger partial charge is 0.385 e. The van der Waals surface area contributed by atoms with Gasteiger partial charge in [-0.05, 0) is 36.8 Å². The average Bonchev–Trinajstić information content (AvgIpc) is 2.74. The maximum absolute atomic E-state index is 14.6. The van der Waals surface area contributed by atoms with Gasteiger partial charge in [0.2, 0.25) is 0 Å². The molecule has 0 aliphatic rings. The zero-order valence-electron chi connectivity index (χ0n) is 17.2. The lowest BCUT2D eigenvalue weighted by Crippen LogP contribution is -2.26. The Morgan fingerprint density at radius 3 is 1.80 bits per heavy atom. The Balaban J connectivity index is 2.13. The van der Waals surface area contributed by atoms with Gasteiger partial charge in [-0.25, -0.2) is 8.78 Å². The summed E-state index contributed by atoms with van der Waals surface area (Å²) in [6.45, 7) is 2.09. The minimum Gasteiger partial charge on any atom is -0.385 e. The van der Waals surface area contributed by atoms with Crippen molar-refractivity contribution < 1.29 is 26.7 Å². The minimum absolute atomic E-state index is 0.00206. The van der Waals surface area contributed by atoms with Crippen molar-refractivity contribution in [3.05, 3.63) is 70.8 Å². The van der Waals surface area contributed by atoms with Crippen LogP contribution in [-0.4, -0.2) is 19.9 Å². The number of aryl methyl sites for hydroxylation is 1. The predicted molar refractivity (Wildman–Crippen MR) is 110 cm³/mol. The summed E-state index contributed by atoms with van der Waals surface area (Å²) < 4.78 is 73.3. The lowest BCUT2D eigenvalue weighted by Gasteiger charge is -2.20. The van der Waals surface area contributed by atoms with E-state index < -0.39 is 23.7 Å². The van der Waals surface area contributed by atoms with E-state index in [0.29, 0.717) is 5.56 Å². The molecule has 164 valence electrons. The van der Waals surface area contributed by atoms with Crippen molar-refractivity contribution in [1.82, 2.24) is 0 Å². The summed E-state index contributed by atoms with van der Waals surface area (Å²) in [5.74, 6) is -3.57. The Labute approximate surface area is 174 Å². The molecule has 0 spiro atoms. The number of rotatable bonds is 10. The van der Waals surface area contributed by atoms with Crippen LogP contribution in [-0.2, 0) is 17.6 Å². The Bertz CT molecular complexity index is 807. The first-order chi connectivity index (χ1) is 14.3. The Morgan fingerprint density at radius 2 is 1.37 bits per heavy atom. The van der Waals surface area contributed by atoms with Gasteiger partial charge in [0.15, 0.2) is 11.7 Å². The SMILES string of the molecule is CCCCc1ccc(/C(F)=C(/F)c2ccc(CC(CCOC)C(F)(F)F)cc2)cc1. The van der Waals surface area contributed by atoms with Crippen molar-refractivity contribution in [3.8, 4) is 0 Å². The van der Waals surface area contributed by atoms with E-state index in [-0.39, 0.29) is 30.6 Å². The molecule has 1 atom stereocenters. The van der Waals surface area contributed by atoms with Crippen LogP contribution in [0, 0.1) is 5.92 Å².